The number of anilines is 1. The Morgan fingerprint density at radius 2 is 2.12 bits per heavy atom. The largest absolute Gasteiger partial charge is 0.378 e. The Morgan fingerprint density at radius 3 is 2.82 bits per heavy atom. The molecule has 90 valence electrons. The zero-order valence-corrected chi connectivity index (χ0v) is 11.6. The van der Waals surface area contributed by atoms with Crippen LogP contribution in [0.2, 0.25) is 0 Å². The molecule has 1 heterocycles. The lowest BCUT2D eigenvalue weighted by Crippen LogP contribution is -2.08. The highest BCUT2D eigenvalue weighted by Gasteiger charge is 2.05. The summed E-state index contributed by atoms with van der Waals surface area (Å²) in [5.41, 5.74) is 2.29. The zero-order chi connectivity index (χ0) is 12.3. The summed E-state index contributed by atoms with van der Waals surface area (Å²) in [6.07, 6.45) is 3.78. The molecule has 0 radical (unpaired) electrons. The molecule has 0 aliphatic heterocycles. The maximum absolute atomic E-state index is 4.19. The van der Waals surface area contributed by atoms with Gasteiger partial charge in [0.1, 0.15) is 0 Å². The molecule has 0 spiro atoms. The van der Waals surface area contributed by atoms with Gasteiger partial charge in [-0.3, -0.25) is 0 Å². The first-order valence-corrected chi connectivity index (χ1v) is 6.47. The molecule has 0 amide bonds. The van der Waals surface area contributed by atoms with Crippen LogP contribution in [0.15, 0.2) is 41.3 Å². The van der Waals surface area contributed by atoms with E-state index in [2.05, 4.69) is 50.7 Å². The third kappa shape index (κ3) is 2.88. The van der Waals surface area contributed by atoms with Crippen molar-refractivity contribution in [2.24, 2.45) is 0 Å². The minimum absolute atomic E-state index is 0.438. The van der Waals surface area contributed by atoms with Crippen molar-refractivity contribution in [2.75, 3.05) is 5.32 Å². The van der Waals surface area contributed by atoms with Crippen LogP contribution in [0.4, 0.5) is 5.69 Å². The van der Waals surface area contributed by atoms with Crippen LogP contribution >= 0.6 is 15.9 Å². The normalized spacial score (nSPS) is 10.8. The molecule has 0 bridgehead atoms. The van der Waals surface area contributed by atoms with E-state index in [9.17, 15) is 0 Å². The first-order chi connectivity index (χ1) is 8.18. The molecule has 0 saturated carbocycles. The summed E-state index contributed by atoms with van der Waals surface area (Å²) < 4.78 is 3.25. The molecule has 0 unspecified atom stereocenters. The predicted molar refractivity (Wildman–Crippen MR) is 74.1 cm³/mol. The standard InChI is InChI=1S/C13H16BrN3/c1-10(2)17-9-15-7-11(17)8-16-13-6-4-3-5-12(13)14/h3-7,9-10,16H,8H2,1-2H3. The highest BCUT2D eigenvalue weighted by Crippen LogP contribution is 2.22. The molecule has 0 aliphatic rings. The van der Waals surface area contributed by atoms with Crippen LogP contribution in [0, 0.1) is 0 Å². The average molecular weight is 294 g/mol. The molecule has 1 aromatic carbocycles. The van der Waals surface area contributed by atoms with E-state index in [1.807, 2.05) is 30.7 Å². The van der Waals surface area contributed by atoms with Crippen molar-refractivity contribution in [3.63, 3.8) is 0 Å². The van der Waals surface area contributed by atoms with E-state index in [0.717, 1.165) is 16.7 Å². The topological polar surface area (TPSA) is 29.9 Å². The fraction of sp³-hybridized carbons (Fsp3) is 0.308. The van der Waals surface area contributed by atoms with E-state index in [4.69, 9.17) is 0 Å². The monoisotopic (exact) mass is 293 g/mol. The third-order valence-corrected chi connectivity index (χ3v) is 3.33. The average Bonchev–Trinajstić information content (AvgIpc) is 2.76. The van der Waals surface area contributed by atoms with Gasteiger partial charge >= 0.3 is 0 Å². The number of hydrogen-bond acceptors (Lipinski definition) is 2. The van der Waals surface area contributed by atoms with Crippen molar-refractivity contribution >= 4 is 21.6 Å². The molecule has 0 fully saturated rings. The van der Waals surface area contributed by atoms with E-state index in [1.165, 1.54) is 5.69 Å². The quantitative estimate of drug-likeness (QED) is 0.928. The second kappa shape index (κ2) is 5.36. The number of aromatic nitrogens is 2. The van der Waals surface area contributed by atoms with E-state index >= 15 is 0 Å². The number of nitrogens with one attached hydrogen (secondary N) is 1. The number of para-hydroxylation sites is 1. The minimum atomic E-state index is 0.438. The summed E-state index contributed by atoms with van der Waals surface area (Å²) in [6, 6.07) is 8.55. The van der Waals surface area contributed by atoms with E-state index in [0.29, 0.717) is 6.04 Å². The number of nitrogens with zero attached hydrogens (tertiary/aromatic N) is 2. The van der Waals surface area contributed by atoms with Crippen molar-refractivity contribution in [1.29, 1.82) is 0 Å². The van der Waals surface area contributed by atoms with Gasteiger partial charge in [0.25, 0.3) is 0 Å². The molecule has 0 saturated heterocycles. The van der Waals surface area contributed by atoms with Crippen molar-refractivity contribution in [2.45, 2.75) is 26.4 Å². The lowest BCUT2D eigenvalue weighted by atomic mass is 10.3. The van der Waals surface area contributed by atoms with Crippen molar-refractivity contribution in [3.8, 4) is 0 Å². The van der Waals surface area contributed by atoms with Gasteiger partial charge in [-0.1, -0.05) is 12.1 Å². The Morgan fingerprint density at radius 1 is 1.35 bits per heavy atom. The van der Waals surface area contributed by atoms with Crippen LogP contribution in [0.25, 0.3) is 0 Å². The van der Waals surface area contributed by atoms with E-state index in [1.54, 1.807) is 0 Å². The summed E-state index contributed by atoms with van der Waals surface area (Å²) in [5.74, 6) is 0. The van der Waals surface area contributed by atoms with Crippen molar-refractivity contribution in [1.82, 2.24) is 9.55 Å². The Hall–Kier alpha value is -1.29. The smallest absolute Gasteiger partial charge is 0.0951 e. The number of benzene rings is 1. The van der Waals surface area contributed by atoms with Gasteiger partial charge in [0.05, 0.1) is 18.6 Å². The Balaban J connectivity index is 2.08. The fourth-order valence-corrected chi connectivity index (χ4v) is 2.15. The van der Waals surface area contributed by atoms with Gasteiger partial charge < -0.3 is 9.88 Å². The molecule has 1 aromatic heterocycles. The summed E-state index contributed by atoms with van der Waals surface area (Å²) in [4.78, 5) is 4.19. The Kier molecular flexibility index (Phi) is 3.84. The number of rotatable bonds is 4. The van der Waals surface area contributed by atoms with E-state index < -0.39 is 0 Å². The van der Waals surface area contributed by atoms with Gasteiger partial charge in [-0.25, -0.2) is 4.98 Å². The predicted octanol–water partition coefficient (Wildman–Crippen LogP) is 3.84. The van der Waals surface area contributed by atoms with Crippen molar-refractivity contribution < 1.29 is 0 Å². The second-order valence-corrected chi connectivity index (χ2v) is 5.07. The van der Waals surface area contributed by atoms with E-state index in [-0.39, 0.29) is 0 Å². The lowest BCUT2D eigenvalue weighted by Gasteiger charge is -2.13. The number of halogens is 1. The van der Waals surface area contributed by atoms with Gasteiger partial charge in [-0.15, -0.1) is 0 Å². The molecular weight excluding hydrogens is 278 g/mol. The summed E-state index contributed by atoms with van der Waals surface area (Å²) >= 11 is 3.52. The van der Waals surface area contributed by atoms with Gasteiger partial charge in [0.2, 0.25) is 0 Å². The molecule has 4 heteroatoms. The highest BCUT2D eigenvalue weighted by atomic mass is 79.9. The molecule has 0 aliphatic carbocycles. The van der Waals surface area contributed by atoms with Crippen LogP contribution in [0.5, 0.6) is 0 Å². The van der Waals surface area contributed by atoms with Gasteiger partial charge in [-0.2, -0.15) is 0 Å². The SMILES string of the molecule is CC(C)n1cncc1CNc1ccccc1Br. The maximum atomic E-state index is 4.19. The second-order valence-electron chi connectivity index (χ2n) is 4.22. The molecule has 17 heavy (non-hydrogen) atoms. The van der Waals surface area contributed by atoms with Crippen LogP contribution in [-0.2, 0) is 6.54 Å². The first-order valence-electron chi connectivity index (χ1n) is 5.67. The first kappa shape index (κ1) is 12.2. The number of hydrogen-bond donors (Lipinski definition) is 1. The zero-order valence-electron chi connectivity index (χ0n) is 10.0. The Bertz CT molecular complexity index is 491. The molecular formula is C13H16BrN3. The molecule has 1 N–H and O–H groups in total. The molecule has 3 nitrogen and oxygen atoms in total. The maximum Gasteiger partial charge on any atom is 0.0951 e. The van der Waals surface area contributed by atoms with Crippen LogP contribution < -0.4 is 5.32 Å². The van der Waals surface area contributed by atoms with Crippen LogP contribution in [0.1, 0.15) is 25.6 Å². The third-order valence-electron chi connectivity index (χ3n) is 2.64. The molecule has 0 atom stereocenters. The van der Waals surface area contributed by atoms with Crippen molar-refractivity contribution in [3.05, 3.63) is 47.0 Å². The highest BCUT2D eigenvalue weighted by molar-refractivity contribution is 9.10. The summed E-state index contributed by atoms with van der Waals surface area (Å²) in [6.45, 7) is 5.09. The van der Waals surface area contributed by atoms with Gasteiger partial charge in [0, 0.05) is 22.4 Å². The van der Waals surface area contributed by atoms with Gasteiger partial charge in [0.15, 0.2) is 0 Å². The fourth-order valence-electron chi connectivity index (χ4n) is 1.72. The van der Waals surface area contributed by atoms with Crippen LogP contribution in [0.3, 0.4) is 0 Å². The molecule has 2 aromatic rings. The number of imidazole rings is 1. The lowest BCUT2D eigenvalue weighted by molar-refractivity contribution is 0.577. The Labute approximate surface area is 110 Å². The summed E-state index contributed by atoms with van der Waals surface area (Å²) in [7, 11) is 0. The molecule has 2 rings (SSSR count). The van der Waals surface area contributed by atoms with Crippen LogP contribution in [-0.4, -0.2) is 9.55 Å². The minimum Gasteiger partial charge on any atom is -0.378 e. The van der Waals surface area contributed by atoms with Gasteiger partial charge in [-0.05, 0) is 41.9 Å². The summed E-state index contributed by atoms with van der Waals surface area (Å²) in [5, 5.41) is 3.40.